The lowest BCUT2D eigenvalue weighted by Crippen LogP contribution is -2.44. The molecule has 1 rings (SSSR count). The van der Waals surface area contributed by atoms with Crippen LogP contribution in [-0.2, 0) is 0 Å². The minimum Gasteiger partial charge on any atom is -0.327 e. The van der Waals surface area contributed by atoms with Crippen LogP contribution in [0.25, 0.3) is 0 Å². The van der Waals surface area contributed by atoms with Crippen molar-refractivity contribution in [3.8, 4) is 0 Å². The third-order valence-electron chi connectivity index (χ3n) is 2.87. The van der Waals surface area contributed by atoms with Crippen molar-refractivity contribution >= 4 is 11.8 Å². The second kappa shape index (κ2) is 3.81. The van der Waals surface area contributed by atoms with Crippen LogP contribution in [0.3, 0.4) is 0 Å². The second-order valence-electron chi connectivity index (χ2n) is 3.98. The average molecular weight is 173 g/mol. The Hall–Kier alpha value is 0.310. The molecule has 1 saturated heterocycles. The van der Waals surface area contributed by atoms with Crippen LogP contribution in [-0.4, -0.2) is 17.5 Å². The van der Waals surface area contributed by atoms with Gasteiger partial charge in [0, 0.05) is 6.04 Å². The molecule has 0 bridgehead atoms. The smallest absolute Gasteiger partial charge is 0.0111 e. The average Bonchev–Trinajstić information content (AvgIpc) is 1.82. The first-order chi connectivity index (χ1) is 5.13. The molecule has 2 atom stereocenters. The van der Waals surface area contributed by atoms with Crippen LogP contribution < -0.4 is 5.73 Å². The predicted octanol–water partition coefficient (Wildman–Crippen LogP) is 1.97. The summed E-state index contributed by atoms with van der Waals surface area (Å²) in [5, 5.41) is 0. The highest BCUT2D eigenvalue weighted by Crippen LogP contribution is 2.31. The quantitative estimate of drug-likeness (QED) is 0.706. The van der Waals surface area contributed by atoms with Crippen molar-refractivity contribution in [2.75, 3.05) is 11.5 Å². The summed E-state index contributed by atoms with van der Waals surface area (Å²) in [6.45, 7) is 6.80. The minimum atomic E-state index is 0.441. The zero-order chi connectivity index (χ0) is 8.43. The van der Waals surface area contributed by atoms with Gasteiger partial charge in [-0.15, -0.1) is 0 Å². The van der Waals surface area contributed by atoms with Crippen LogP contribution in [0.15, 0.2) is 0 Å². The lowest BCUT2D eigenvalue weighted by Gasteiger charge is -2.35. The van der Waals surface area contributed by atoms with Gasteiger partial charge in [0.05, 0.1) is 0 Å². The molecule has 0 aromatic heterocycles. The summed E-state index contributed by atoms with van der Waals surface area (Å²) in [7, 11) is 0. The molecule has 2 heteroatoms. The van der Waals surface area contributed by atoms with Gasteiger partial charge in [0.15, 0.2) is 0 Å². The van der Waals surface area contributed by atoms with Crippen molar-refractivity contribution in [1.29, 1.82) is 0 Å². The molecule has 0 aromatic carbocycles. The zero-order valence-electron chi connectivity index (χ0n) is 7.71. The van der Waals surface area contributed by atoms with Crippen molar-refractivity contribution in [2.24, 2.45) is 23.5 Å². The highest BCUT2D eigenvalue weighted by Gasteiger charge is 2.29. The van der Waals surface area contributed by atoms with Gasteiger partial charge < -0.3 is 5.73 Å². The Labute approximate surface area is 74.1 Å². The summed E-state index contributed by atoms with van der Waals surface area (Å²) in [6, 6.07) is 0.441. The van der Waals surface area contributed by atoms with Crippen LogP contribution in [0.4, 0.5) is 0 Å². The summed E-state index contributed by atoms with van der Waals surface area (Å²) in [5.41, 5.74) is 6.11. The Kier molecular flexibility index (Phi) is 3.26. The molecule has 1 heterocycles. The van der Waals surface area contributed by atoms with Crippen molar-refractivity contribution in [1.82, 2.24) is 0 Å². The van der Waals surface area contributed by atoms with Crippen LogP contribution >= 0.6 is 11.8 Å². The van der Waals surface area contributed by atoms with Crippen LogP contribution in [0.2, 0.25) is 0 Å². The first-order valence-corrected chi connectivity index (χ1v) is 5.61. The van der Waals surface area contributed by atoms with Gasteiger partial charge in [-0.2, -0.15) is 11.8 Å². The Bertz CT molecular complexity index is 121. The maximum absolute atomic E-state index is 6.11. The van der Waals surface area contributed by atoms with Crippen molar-refractivity contribution in [3.63, 3.8) is 0 Å². The number of rotatable bonds is 3. The maximum Gasteiger partial charge on any atom is 0.0111 e. The number of hydrogen-bond donors (Lipinski definition) is 1. The number of thioether (sulfide) groups is 1. The molecular weight excluding hydrogens is 154 g/mol. The van der Waals surface area contributed by atoms with Crippen LogP contribution in [0.5, 0.6) is 0 Å². The Morgan fingerprint density at radius 1 is 1.27 bits per heavy atom. The third kappa shape index (κ3) is 2.12. The molecule has 2 N–H and O–H groups in total. The monoisotopic (exact) mass is 173 g/mol. The fraction of sp³-hybridized carbons (Fsp3) is 1.00. The highest BCUT2D eigenvalue weighted by atomic mass is 32.2. The van der Waals surface area contributed by atoms with Gasteiger partial charge in [-0.3, -0.25) is 0 Å². The first kappa shape index (κ1) is 9.40. The molecule has 1 aliphatic heterocycles. The van der Waals surface area contributed by atoms with E-state index >= 15 is 0 Å². The van der Waals surface area contributed by atoms with Gasteiger partial charge in [-0.05, 0) is 29.3 Å². The zero-order valence-corrected chi connectivity index (χ0v) is 8.53. The fourth-order valence-electron chi connectivity index (χ4n) is 1.35. The topological polar surface area (TPSA) is 26.0 Å². The van der Waals surface area contributed by atoms with E-state index in [0.717, 1.165) is 11.8 Å². The molecule has 0 amide bonds. The minimum absolute atomic E-state index is 0.441. The molecule has 66 valence electrons. The van der Waals surface area contributed by atoms with E-state index in [4.69, 9.17) is 5.73 Å². The Balaban J connectivity index is 2.32. The molecule has 2 unspecified atom stereocenters. The lowest BCUT2D eigenvalue weighted by atomic mass is 9.84. The number of nitrogens with two attached hydrogens (primary N) is 1. The molecule has 1 nitrogen and oxygen atoms in total. The van der Waals surface area contributed by atoms with Gasteiger partial charge in [0.2, 0.25) is 0 Å². The SMILES string of the molecule is CC(C)C(C)C(N)C1CSC1. The van der Waals surface area contributed by atoms with Gasteiger partial charge in [0.25, 0.3) is 0 Å². The van der Waals surface area contributed by atoms with E-state index in [2.05, 4.69) is 20.8 Å². The van der Waals surface area contributed by atoms with E-state index in [1.54, 1.807) is 0 Å². The van der Waals surface area contributed by atoms with Gasteiger partial charge >= 0.3 is 0 Å². The molecule has 0 radical (unpaired) electrons. The van der Waals surface area contributed by atoms with E-state index in [-0.39, 0.29) is 0 Å². The summed E-state index contributed by atoms with van der Waals surface area (Å²) < 4.78 is 0. The number of hydrogen-bond acceptors (Lipinski definition) is 2. The fourth-order valence-corrected chi connectivity index (χ4v) is 2.30. The first-order valence-electron chi connectivity index (χ1n) is 4.46. The van der Waals surface area contributed by atoms with E-state index in [1.807, 2.05) is 11.8 Å². The largest absolute Gasteiger partial charge is 0.327 e. The summed E-state index contributed by atoms with van der Waals surface area (Å²) in [5.74, 6) is 4.80. The van der Waals surface area contributed by atoms with E-state index in [0.29, 0.717) is 12.0 Å². The normalized spacial score (nSPS) is 24.8. The van der Waals surface area contributed by atoms with Crippen molar-refractivity contribution < 1.29 is 0 Å². The maximum atomic E-state index is 6.11. The second-order valence-corrected chi connectivity index (χ2v) is 5.05. The molecule has 0 spiro atoms. The van der Waals surface area contributed by atoms with E-state index in [9.17, 15) is 0 Å². The van der Waals surface area contributed by atoms with Gasteiger partial charge in [0.1, 0.15) is 0 Å². The van der Waals surface area contributed by atoms with Gasteiger partial charge in [-0.1, -0.05) is 20.8 Å². The van der Waals surface area contributed by atoms with Gasteiger partial charge in [-0.25, -0.2) is 0 Å². The molecule has 1 aliphatic rings. The standard InChI is InChI=1S/C9H19NS/c1-6(2)7(3)9(10)8-4-11-5-8/h6-9H,4-5,10H2,1-3H3. The lowest BCUT2D eigenvalue weighted by molar-refractivity contribution is 0.289. The van der Waals surface area contributed by atoms with E-state index in [1.165, 1.54) is 11.5 Å². The molecular formula is C9H19NS. The van der Waals surface area contributed by atoms with Crippen molar-refractivity contribution in [3.05, 3.63) is 0 Å². The van der Waals surface area contributed by atoms with Crippen LogP contribution in [0, 0.1) is 17.8 Å². The van der Waals surface area contributed by atoms with Crippen LogP contribution in [0.1, 0.15) is 20.8 Å². The third-order valence-corrected chi connectivity index (χ3v) is 4.19. The molecule has 0 aromatic rings. The molecule has 0 aliphatic carbocycles. The summed E-state index contributed by atoms with van der Waals surface area (Å²) in [6.07, 6.45) is 0. The Morgan fingerprint density at radius 2 is 1.82 bits per heavy atom. The highest BCUT2D eigenvalue weighted by molar-refractivity contribution is 8.00. The molecule has 1 fully saturated rings. The predicted molar refractivity (Wildman–Crippen MR) is 52.8 cm³/mol. The van der Waals surface area contributed by atoms with E-state index < -0.39 is 0 Å². The van der Waals surface area contributed by atoms with Crippen molar-refractivity contribution in [2.45, 2.75) is 26.8 Å². The Morgan fingerprint density at radius 3 is 2.09 bits per heavy atom. The molecule has 0 saturated carbocycles. The summed E-state index contributed by atoms with van der Waals surface area (Å²) in [4.78, 5) is 0. The molecule has 11 heavy (non-hydrogen) atoms. The summed E-state index contributed by atoms with van der Waals surface area (Å²) >= 11 is 2.02.